The number of H-pyrrole nitrogens is 1. The third-order valence-electron chi connectivity index (χ3n) is 2.04. The number of hydrogen-bond donors (Lipinski definition) is 3. The molecule has 0 atom stereocenters. The summed E-state index contributed by atoms with van der Waals surface area (Å²) in [5.41, 5.74) is 7.02. The number of nitrogen functional groups attached to an aromatic ring is 1. The van der Waals surface area contributed by atoms with Crippen LogP contribution in [0.25, 0.3) is 0 Å². The fourth-order valence-corrected chi connectivity index (χ4v) is 2.02. The van der Waals surface area contributed by atoms with E-state index < -0.39 is 0 Å². The molecule has 4 N–H and O–H groups in total. The molecule has 0 aliphatic heterocycles. The van der Waals surface area contributed by atoms with Crippen molar-refractivity contribution in [3.63, 3.8) is 0 Å². The van der Waals surface area contributed by atoms with Gasteiger partial charge in [0.15, 0.2) is 0 Å². The van der Waals surface area contributed by atoms with Gasteiger partial charge in [-0.15, -0.1) is 5.10 Å². The second-order valence-corrected chi connectivity index (χ2v) is 4.33. The number of aromatic amines is 1. The largest absolute Gasteiger partial charge is 0.506 e. The van der Waals surface area contributed by atoms with E-state index in [1.807, 2.05) is 13.0 Å². The molecular weight excluding hydrogens is 224 g/mol. The molecule has 1 heterocycles. The van der Waals surface area contributed by atoms with Crippen LogP contribution in [0.1, 0.15) is 11.4 Å². The van der Waals surface area contributed by atoms with Gasteiger partial charge in [0.25, 0.3) is 0 Å². The first-order valence-corrected chi connectivity index (χ1v) is 5.73. The highest BCUT2D eigenvalue weighted by Crippen LogP contribution is 2.25. The van der Waals surface area contributed by atoms with Gasteiger partial charge in [-0.05, 0) is 24.6 Å². The van der Waals surface area contributed by atoms with Crippen LogP contribution in [0.5, 0.6) is 5.75 Å². The van der Waals surface area contributed by atoms with Crippen LogP contribution in [0.2, 0.25) is 0 Å². The van der Waals surface area contributed by atoms with E-state index in [2.05, 4.69) is 15.2 Å². The standard InChI is InChI=1S/C10H12N4OS/c1-6-12-10(14-13-6)16-5-7-2-3-9(15)8(11)4-7/h2-4,15H,5,11H2,1H3,(H,12,13,14). The van der Waals surface area contributed by atoms with Crippen molar-refractivity contribution < 1.29 is 5.11 Å². The molecule has 0 aliphatic rings. The lowest BCUT2D eigenvalue weighted by molar-refractivity contribution is 0.478. The molecule has 16 heavy (non-hydrogen) atoms. The van der Waals surface area contributed by atoms with Gasteiger partial charge in [0, 0.05) is 5.75 Å². The zero-order valence-corrected chi connectivity index (χ0v) is 9.58. The number of hydrogen-bond acceptors (Lipinski definition) is 5. The Morgan fingerprint density at radius 2 is 2.31 bits per heavy atom. The van der Waals surface area contributed by atoms with Crippen LogP contribution in [0.15, 0.2) is 23.4 Å². The maximum absolute atomic E-state index is 9.27. The van der Waals surface area contributed by atoms with Crippen LogP contribution >= 0.6 is 11.8 Å². The second kappa shape index (κ2) is 4.44. The SMILES string of the molecule is Cc1nc(SCc2ccc(O)c(N)c2)n[nH]1. The number of phenols is 1. The van der Waals surface area contributed by atoms with E-state index in [9.17, 15) is 5.11 Å². The minimum atomic E-state index is 0.113. The Bertz CT molecular complexity index is 497. The summed E-state index contributed by atoms with van der Waals surface area (Å²) < 4.78 is 0. The number of benzene rings is 1. The minimum Gasteiger partial charge on any atom is -0.506 e. The molecule has 0 amide bonds. The van der Waals surface area contributed by atoms with Crippen molar-refractivity contribution in [3.8, 4) is 5.75 Å². The van der Waals surface area contributed by atoms with Gasteiger partial charge in [-0.2, -0.15) is 0 Å². The summed E-state index contributed by atoms with van der Waals surface area (Å²) in [6, 6.07) is 5.18. The number of anilines is 1. The lowest BCUT2D eigenvalue weighted by Gasteiger charge is -2.02. The molecule has 1 aromatic carbocycles. The number of nitrogens with two attached hydrogens (primary N) is 1. The van der Waals surface area contributed by atoms with Crippen LogP contribution in [0.3, 0.4) is 0 Å². The first-order chi connectivity index (χ1) is 7.65. The van der Waals surface area contributed by atoms with Crippen molar-refractivity contribution in [3.05, 3.63) is 29.6 Å². The van der Waals surface area contributed by atoms with Crippen molar-refractivity contribution >= 4 is 17.4 Å². The highest BCUT2D eigenvalue weighted by atomic mass is 32.2. The summed E-state index contributed by atoms with van der Waals surface area (Å²) in [6.07, 6.45) is 0. The Balaban J connectivity index is 2.02. The summed E-state index contributed by atoms with van der Waals surface area (Å²) in [7, 11) is 0. The molecule has 2 aromatic rings. The zero-order valence-electron chi connectivity index (χ0n) is 8.77. The molecule has 0 spiro atoms. The molecule has 6 heteroatoms. The van der Waals surface area contributed by atoms with E-state index in [4.69, 9.17) is 5.73 Å². The van der Waals surface area contributed by atoms with Gasteiger partial charge in [0.2, 0.25) is 5.16 Å². The molecule has 5 nitrogen and oxygen atoms in total. The lowest BCUT2D eigenvalue weighted by atomic mass is 10.2. The van der Waals surface area contributed by atoms with E-state index in [1.54, 1.807) is 12.1 Å². The number of rotatable bonds is 3. The summed E-state index contributed by atoms with van der Waals surface area (Å²) in [6.45, 7) is 1.86. The highest BCUT2D eigenvalue weighted by molar-refractivity contribution is 7.98. The molecule has 0 saturated heterocycles. The van der Waals surface area contributed by atoms with E-state index in [0.29, 0.717) is 10.8 Å². The lowest BCUT2D eigenvalue weighted by Crippen LogP contribution is -1.88. The predicted octanol–water partition coefficient (Wildman–Crippen LogP) is 1.69. The molecule has 0 bridgehead atoms. The van der Waals surface area contributed by atoms with Crippen LogP contribution in [0.4, 0.5) is 5.69 Å². The first-order valence-electron chi connectivity index (χ1n) is 4.74. The molecule has 84 valence electrons. The third-order valence-corrected chi connectivity index (χ3v) is 2.96. The molecule has 0 unspecified atom stereocenters. The maximum atomic E-state index is 9.27. The topological polar surface area (TPSA) is 87.8 Å². The maximum Gasteiger partial charge on any atom is 0.208 e. The van der Waals surface area contributed by atoms with Crippen LogP contribution in [-0.4, -0.2) is 20.3 Å². The van der Waals surface area contributed by atoms with Crippen LogP contribution in [-0.2, 0) is 5.75 Å². The Morgan fingerprint density at radius 1 is 1.50 bits per heavy atom. The smallest absolute Gasteiger partial charge is 0.208 e. The summed E-state index contributed by atoms with van der Waals surface area (Å²) in [5, 5.41) is 16.8. The van der Waals surface area contributed by atoms with Gasteiger partial charge in [-0.1, -0.05) is 17.8 Å². The number of aromatic hydroxyl groups is 1. The van der Waals surface area contributed by atoms with E-state index in [0.717, 1.165) is 17.1 Å². The van der Waals surface area contributed by atoms with E-state index >= 15 is 0 Å². The molecule has 0 aliphatic carbocycles. The van der Waals surface area contributed by atoms with Gasteiger partial charge in [-0.25, -0.2) is 4.98 Å². The number of thioether (sulfide) groups is 1. The number of aromatic nitrogens is 3. The average Bonchev–Trinajstić information content (AvgIpc) is 2.66. The molecule has 0 fully saturated rings. The molecule has 0 radical (unpaired) electrons. The number of aryl methyl sites for hydroxylation is 1. The van der Waals surface area contributed by atoms with Crippen molar-refractivity contribution in [1.82, 2.24) is 15.2 Å². The molecule has 2 rings (SSSR count). The third kappa shape index (κ3) is 2.46. The van der Waals surface area contributed by atoms with Gasteiger partial charge >= 0.3 is 0 Å². The normalized spacial score (nSPS) is 10.6. The van der Waals surface area contributed by atoms with E-state index in [1.165, 1.54) is 11.8 Å². The quantitative estimate of drug-likeness (QED) is 0.429. The Kier molecular flexibility index (Phi) is 3.00. The van der Waals surface area contributed by atoms with Crippen molar-refractivity contribution in [2.45, 2.75) is 17.8 Å². The number of nitrogens with one attached hydrogen (secondary N) is 1. The fourth-order valence-electron chi connectivity index (χ4n) is 1.23. The summed E-state index contributed by atoms with van der Waals surface area (Å²) in [5.74, 6) is 1.64. The second-order valence-electron chi connectivity index (χ2n) is 3.39. The summed E-state index contributed by atoms with van der Waals surface area (Å²) in [4.78, 5) is 4.18. The van der Waals surface area contributed by atoms with Crippen molar-refractivity contribution in [2.75, 3.05) is 5.73 Å². The predicted molar refractivity (Wildman–Crippen MR) is 63.2 cm³/mol. The van der Waals surface area contributed by atoms with Crippen molar-refractivity contribution in [2.24, 2.45) is 0 Å². The zero-order chi connectivity index (χ0) is 11.5. The van der Waals surface area contributed by atoms with Crippen molar-refractivity contribution in [1.29, 1.82) is 0 Å². The summed E-state index contributed by atoms with van der Waals surface area (Å²) >= 11 is 1.52. The monoisotopic (exact) mass is 236 g/mol. The number of nitrogens with zero attached hydrogens (tertiary/aromatic N) is 2. The first kappa shape index (κ1) is 10.8. The van der Waals surface area contributed by atoms with Gasteiger partial charge in [-0.3, -0.25) is 5.10 Å². The number of phenolic OH excluding ortho intramolecular Hbond substituents is 1. The minimum absolute atomic E-state index is 0.113. The molecule has 0 saturated carbocycles. The molecule has 1 aromatic heterocycles. The van der Waals surface area contributed by atoms with Crippen LogP contribution < -0.4 is 5.73 Å². The van der Waals surface area contributed by atoms with Gasteiger partial charge in [0.1, 0.15) is 11.6 Å². The van der Waals surface area contributed by atoms with Crippen LogP contribution in [0, 0.1) is 6.92 Å². The van der Waals surface area contributed by atoms with E-state index in [-0.39, 0.29) is 5.75 Å². The van der Waals surface area contributed by atoms with Gasteiger partial charge in [0.05, 0.1) is 5.69 Å². The van der Waals surface area contributed by atoms with Gasteiger partial charge < -0.3 is 10.8 Å². The Morgan fingerprint density at radius 3 is 2.94 bits per heavy atom. The Hall–Kier alpha value is -1.69. The molecular formula is C10H12N4OS. The average molecular weight is 236 g/mol. The fraction of sp³-hybridized carbons (Fsp3) is 0.200. The Labute approximate surface area is 97.1 Å². The highest BCUT2D eigenvalue weighted by Gasteiger charge is 2.03.